The summed E-state index contributed by atoms with van der Waals surface area (Å²) in [6.45, 7) is 1.28. The van der Waals surface area contributed by atoms with Crippen molar-refractivity contribution in [2.75, 3.05) is 6.26 Å². The van der Waals surface area contributed by atoms with Crippen molar-refractivity contribution in [3.63, 3.8) is 0 Å². The van der Waals surface area contributed by atoms with E-state index in [-0.39, 0.29) is 10.9 Å². The lowest BCUT2D eigenvalue weighted by atomic mass is 10.3. The van der Waals surface area contributed by atoms with Crippen LogP contribution in [0.4, 0.5) is 0 Å². The van der Waals surface area contributed by atoms with Crippen LogP contribution in [0.5, 0.6) is 0 Å². The molecule has 0 spiro atoms. The van der Waals surface area contributed by atoms with E-state index in [0.29, 0.717) is 0 Å². The average molecular weight is 261 g/mol. The summed E-state index contributed by atoms with van der Waals surface area (Å²) in [4.78, 5) is 21.9. The zero-order valence-electron chi connectivity index (χ0n) is 9.13. The molecule has 1 amide bonds. The van der Waals surface area contributed by atoms with Crippen LogP contribution in [0.2, 0.25) is 0 Å². The summed E-state index contributed by atoms with van der Waals surface area (Å²) in [6, 6.07) is 1.21. The Labute approximate surface area is 97.3 Å². The molecule has 0 aromatic carbocycles. The number of hydrogen-bond acceptors (Lipinski definition) is 5. The van der Waals surface area contributed by atoms with Gasteiger partial charge in [0.2, 0.25) is 14.9 Å². The van der Waals surface area contributed by atoms with Gasteiger partial charge in [0.25, 0.3) is 5.91 Å². The lowest BCUT2D eigenvalue weighted by molar-refractivity contribution is -0.138. The molecule has 0 bridgehead atoms. The molecule has 8 heteroatoms. The molecule has 1 heterocycles. The molecule has 0 saturated heterocycles. The molecule has 0 saturated carbocycles. The van der Waals surface area contributed by atoms with Crippen LogP contribution >= 0.6 is 0 Å². The van der Waals surface area contributed by atoms with E-state index in [1.165, 1.54) is 13.0 Å². The molecule has 1 aromatic rings. The van der Waals surface area contributed by atoms with Crippen molar-refractivity contribution in [2.45, 2.75) is 18.1 Å². The van der Waals surface area contributed by atoms with Crippen LogP contribution < -0.4 is 5.32 Å². The SMILES string of the molecule is C[C@@H](NC(=O)c1ccc(S(C)(=O)=O)o1)C(=O)O. The lowest BCUT2D eigenvalue weighted by Gasteiger charge is -2.06. The molecule has 0 aliphatic carbocycles. The van der Waals surface area contributed by atoms with Gasteiger partial charge in [-0.1, -0.05) is 0 Å². The number of hydrogen-bond donors (Lipinski definition) is 2. The number of amides is 1. The Balaban J connectivity index is 2.85. The normalized spacial score (nSPS) is 13.1. The number of carboxylic acids is 1. The zero-order chi connectivity index (χ0) is 13.2. The number of carbonyl (C=O) groups is 2. The van der Waals surface area contributed by atoms with E-state index in [4.69, 9.17) is 9.52 Å². The third-order valence-electron chi connectivity index (χ3n) is 1.89. The summed E-state index contributed by atoms with van der Waals surface area (Å²) < 4.78 is 27.0. The molecule has 0 radical (unpaired) electrons. The Kier molecular flexibility index (Phi) is 3.56. The predicted molar refractivity (Wildman–Crippen MR) is 56.4 cm³/mol. The molecule has 7 nitrogen and oxygen atoms in total. The number of nitrogens with one attached hydrogen (secondary N) is 1. The van der Waals surface area contributed by atoms with Crippen LogP contribution in [-0.2, 0) is 14.6 Å². The van der Waals surface area contributed by atoms with Crippen LogP contribution in [0.25, 0.3) is 0 Å². The summed E-state index contributed by atoms with van der Waals surface area (Å²) >= 11 is 0. The van der Waals surface area contributed by atoms with E-state index in [1.54, 1.807) is 0 Å². The number of carboxylic acid groups (broad SMARTS) is 1. The maximum absolute atomic E-state index is 11.4. The maximum Gasteiger partial charge on any atom is 0.325 e. The second-order valence-corrected chi connectivity index (χ2v) is 5.37. The first-order valence-electron chi connectivity index (χ1n) is 4.55. The summed E-state index contributed by atoms with van der Waals surface area (Å²) in [5.41, 5.74) is 0. The van der Waals surface area contributed by atoms with Crippen LogP contribution in [0.15, 0.2) is 21.6 Å². The monoisotopic (exact) mass is 261 g/mol. The van der Waals surface area contributed by atoms with E-state index in [0.717, 1.165) is 12.3 Å². The first-order chi connectivity index (χ1) is 7.71. The van der Waals surface area contributed by atoms with E-state index < -0.39 is 27.8 Å². The van der Waals surface area contributed by atoms with Crippen LogP contribution in [0, 0.1) is 0 Å². The average Bonchev–Trinajstić information content (AvgIpc) is 2.65. The van der Waals surface area contributed by atoms with Crippen molar-refractivity contribution in [3.8, 4) is 0 Å². The molecule has 17 heavy (non-hydrogen) atoms. The number of carbonyl (C=O) groups excluding carboxylic acids is 1. The first kappa shape index (κ1) is 13.2. The van der Waals surface area contributed by atoms with Crippen LogP contribution in [0.3, 0.4) is 0 Å². The van der Waals surface area contributed by atoms with Crippen LogP contribution in [-0.4, -0.2) is 37.7 Å². The fraction of sp³-hybridized carbons (Fsp3) is 0.333. The highest BCUT2D eigenvalue weighted by molar-refractivity contribution is 7.90. The molecule has 1 aromatic heterocycles. The van der Waals surface area contributed by atoms with Gasteiger partial charge in [-0.25, -0.2) is 8.42 Å². The summed E-state index contributed by atoms with van der Waals surface area (Å²) in [6.07, 6.45) is 0.938. The molecule has 0 aliphatic heterocycles. The van der Waals surface area contributed by atoms with Gasteiger partial charge in [0.15, 0.2) is 5.76 Å². The minimum absolute atomic E-state index is 0.251. The Morgan fingerprint density at radius 2 is 2.00 bits per heavy atom. The molecular weight excluding hydrogens is 250 g/mol. The Morgan fingerprint density at radius 1 is 1.41 bits per heavy atom. The van der Waals surface area contributed by atoms with Gasteiger partial charge in [0, 0.05) is 6.26 Å². The van der Waals surface area contributed by atoms with Gasteiger partial charge in [-0.15, -0.1) is 0 Å². The Bertz CT molecular complexity index is 544. The Hall–Kier alpha value is -1.83. The topological polar surface area (TPSA) is 114 Å². The van der Waals surface area contributed by atoms with Crippen molar-refractivity contribution in [1.29, 1.82) is 0 Å². The molecule has 0 fully saturated rings. The van der Waals surface area contributed by atoms with Gasteiger partial charge in [0.1, 0.15) is 6.04 Å². The Morgan fingerprint density at radius 3 is 2.41 bits per heavy atom. The highest BCUT2D eigenvalue weighted by Crippen LogP contribution is 2.13. The largest absolute Gasteiger partial charge is 0.480 e. The van der Waals surface area contributed by atoms with Crippen molar-refractivity contribution >= 4 is 21.7 Å². The van der Waals surface area contributed by atoms with Gasteiger partial charge in [-0.2, -0.15) is 0 Å². The second-order valence-electron chi connectivity index (χ2n) is 3.42. The van der Waals surface area contributed by atoms with Crippen LogP contribution in [0.1, 0.15) is 17.5 Å². The second kappa shape index (κ2) is 4.58. The summed E-state index contributed by atoms with van der Waals surface area (Å²) in [7, 11) is -3.52. The predicted octanol–water partition coefficient (Wildman–Crippen LogP) is -0.114. The molecule has 0 aliphatic rings. The van der Waals surface area contributed by atoms with Gasteiger partial charge in [-0.05, 0) is 19.1 Å². The number of aliphatic carboxylic acids is 1. The highest BCUT2D eigenvalue weighted by atomic mass is 32.2. The van der Waals surface area contributed by atoms with Gasteiger partial charge in [0.05, 0.1) is 0 Å². The summed E-state index contributed by atoms with van der Waals surface area (Å²) in [5.74, 6) is -2.23. The quantitative estimate of drug-likeness (QED) is 0.781. The third-order valence-corrected chi connectivity index (χ3v) is 2.84. The molecule has 1 atom stereocenters. The molecule has 94 valence electrons. The number of furan rings is 1. The van der Waals surface area contributed by atoms with Crippen molar-refractivity contribution < 1.29 is 27.5 Å². The molecule has 0 unspecified atom stereocenters. The third kappa shape index (κ3) is 3.31. The van der Waals surface area contributed by atoms with Gasteiger partial charge >= 0.3 is 5.97 Å². The highest BCUT2D eigenvalue weighted by Gasteiger charge is 2.20. The first-order valence-corrected chi connectivity index (χ1v) is 6.44. The molecule has 1 rings (SSSR count). The maximum atomic E-state index is 11.4. The zero-order valence-corrected chi connectivity index (χ0v) is 9.95. The fourth-order valence-electron chi connectivity index (χ4n) is 0.971. The lowest BCUT2D eigenvalue weighted by Crippen LogP contribution is -2.38. The van der Waals surface area contributed by atoms with E-state index in [1.807, 2.05) is 0 Å². The van der Waals surface area contributed by atoms with Crippen molar-refractivity contribution in [1.82, 2.24) is 5.32 Å². The number of sulfone groups is 1. The van der Waals surface area contributed by atoms with E-state index >= 15 is 0 Å². The smallest absolute Gasteiger partial charge is 0.325 e. The fourth-order valence-corrected chi connectivity index (χ4v) is 1.53. The van der Waals surface area contributed by atoms with Crippen molar-refractivity contribution in [3.05, 3.63) is 17.9 Å². The molecule has 2 N–H and O–H groups in total. The standard InChI is InChI=1S/C9H11NO6S/c1-5(9(12)13)10-8(11)6-3-4-7(16-6)17(2,14)15/h3-5H,1-2H3,(H,10,11)(H,12,13)/t5-/m1/s1. The van der Waals surface area contributed by atoms with Gasteiger partial charge < -0.3 is 14.8 Å². The number of rotatable bonds is 4. The van der Waals surface area contributed by atoms with Crippen molar-refractivity contribution in [2.24, 2.45) is 0 Å². The minimum Gasteiger partial charge on any atom is -0.480 e. The van der Waals surface area contributed by atoms with Gasteiger partial charge in [-0.3, -0.25) is 9.59 Å². The van der Waals surface area contributed by atoms with E-state index in [9.17, 15) is 18.0 Å². The summed E-state index contributed by atoms with van der Waals surface area (Å²) in [5, 5.41) is 10.4. The minimum atomic E-state index is -3.52. The molecular formula is C9H11NO6S. The van der Waals surface area contributed by atoms with E-state index in [2.05, 4.69) is 5.32 Å².